The highest BCUT2D eigenvalue weighted by Gasteiger charge is 2.26. The van der Waals surface area contributed by atoms with Crippen LogP contribution in [0, 0.1) is 37.7 Å². The number of hydrogen-bond donors (Lipinski definition) is 1. The highest BCUT2D eigenvalue weighted by atomic mass is 79.9. The van der Waals surface area contributed by atoms with Gasteiger partial charge in [-0.2, -0.15) is 42.3 Å². The minimum atomic E-state index is -2.89. The largest absolute Gasteiger partial charge is 0.478 e. The molecule has 8 rings (SSSR count). The van der Waals surface area contributed by atoms with Crippen molar-refractivity contribution in [2.24, 2.45) is 0 Å². The summed E-state index contributed by atoms with van der Waals surface area (Å²) in [5, 5.41) is 47.8. The van der Waals surface area contributed by atoms with Crippen molar-refractivity contribution >= 4 is 43.5 Å². The van der Waals surface area contributed by atoms with E-state index in [1.807, 2.05) is 20.0 Å². The SMILES string of the molecule is CCn1cc(Cc2cn(C(F)F)nc2-c2ccc(F)cc2[C@@H](C)O)cn1.CCn1cc(Cc2cn(C(F)F)nc2-c2ccc(F)cc2[C@@H](C)Oc2cc(Br)cnc2[N+](=O)[O-])cn1.O=[N+]([O-])c1ncc(Br)cc1F. The zero-order valence-corrected chi connectivity index (χ0v) is 41.8. The minimum Gasteiger partial charge on any atom is -0.478 e. The molecule has 384 valence electrons. The number of alkyl halides is 4. The molecule has 27 heteroatoms. The zero-order chi connectivity index (χ0) is 53.3. The molecule has 73 heavy (non-hydrogen) atoms. The summed E-state index contributed by atoms with van der Waals surface area (Å²) in [4.78, 5) is 26.9. The maximum Gasteiger partial charge on any atom is 0.406 e. The molecule has 0 saturated heterocycles. The lowest BCUT2D eigenvalue weighted by atomic mass is 9.96. The summed E-state index contributed by atoms with van der Waals surface area (Å²) in [7, 11) is 0. The van der Waals surface area contributed by atoms with Gasteiger partial charge in [0.1, 0.15) is 17.7 Å². The minimum absolute atomic E-state index is 0.137. The van der Waals surface area contributed by atoms with E-state index in [1.54, 1.807) is 34.9 Å². The van der Waals surface area contributed by atoms with Gasteiger partial charge >= 0.3 is 24.7 Å². The summed E-state index contributed by atoms with van der Waals surface area (Å²) in [5.74, 6) is -3.45. The molecule has 2 atom stereocenters. The normalized spacial score (nSPS) is 12.0. The van der Waals surface area contributed by atoms with Gasteiger partial charge in [0, 0.05) is 90.7 Å². The quantitative estimate of drug-likeness (QED) is 0.0544. The highest BCUT2D eigenvalue weighted by molar-refractivity contribution is 9.10. The molecule has 0 radical (unpaired) electrons. The third-order valence-electron chi connectivity index (χ3n) is 10.5. The number of aliphatic hydroxyl groups is 1. The fraction of sp³-hybridized carbons (Fsp3) is 0.261. The zero-order valence-electron chi connectivity index (χ0n) is 38.6. The standard InChI is InChI=1S/C23H20BrF3N6O3.C18H19F3N4O.C5H2BrFN2O2/c1-3-31-11-14(9-29-31)6-15-12-32(23(26)27)30-21(15)18-5-4-17(25)8-19(18)13(2)36-20-7-16(24)10-28-22(20)33(34)35;1-3-24-9-12(8-22-24)6-13-10-25(18(20)21)23-17(13)15-5-4-14(19)7-16(15)11(2)26;6-3-1-4(7)5(8-2-3)9(10)11/h4-5,7-13,23H,3,6H2,1-2H3;4-5,7-11,18,26H,3,6H2,1-2H3;1-2H/t13-;11-;/m11./s1. The van der Waals surface area contributed by atoms with Crippen LogP contribution in [0.25, 0.3) is 22.5 Å². The summed E-state index contributed by atoms with van der Waals surface area (Å²) in [6.45, 7) is 2.61. The molecule has 0 aliphatic rings. The van der Waals surface area contributed by atoms with Crippen molar-refractivity contribution in [3.8, 4) is 28.3 Å². The van der Waals surface area contributed by atoms with Crippen LogP contribution < -0.4 is 4.74 Å². The Hall–Kier alpha value is -7.39. The average Bonchev–Trinajstić information content (AvgIpc) is 4.17. The number of halogens is 9. The van der Waals surface area contributed by atoms with E-state index in [4.69, 9.17) is 4.74 Å². The van der Waals surface area contributed by atoms with Gasteiger partial charge in [0.05, 0.1) is 38.8 Å². The summed E-state index contributed by atoms with van der Waals surface area (Å²) < 4.78 is 105. The van der Waals surface area contributed by atoms with Crippen molar-refractivity contribution in [1.82, 2.24) is 49.1 Å². The van der Waals surface area contributed by atoms with Gasteiger partial charge in [-0.25, -0.2) is 18.1 Å². The number of nitrogens with zero attached hydrogens (tertiary/aromatic N) is 12. The van der Waals surface area contributed by atoms with Crippen LogP contribution in [0.3, 0.4) is 0 Å². The molecular formula is C46H41Br2F7N12O6. The molecule has 0 spiro atoms. The predicted octanol–water partition coefficient (Wildman–Crippen LogP) is 11.9. The van der Waals surface area contributed by atoms with Gasteiger partial charge in [-0.05, 0) is 132 Å². The Morgan fingerprint density at radius 2 is 1.11 bits per heavy atom. The molecule has 6 heterocycles. The first kappa shape index (κ1) is 54.9. The van der Waals surface area contributed by atoms with E-state index in [1.165, 1.54) is 74.2 Å². The van der Waals surface area contributed by atoms with Crippen molar-refractivity contribution in [2.45, 2.75) is 78.9 Å². The summed E-state index contributed by atoms with van der Waals surface area (Å²) in [6.07, 6.45) is 10.6. The molecule has 1 N–H and O–H groups in total. The van der Waals surface area contributed by atoms with Gasteiger partial charge in [0.25, 0.3) is 0 Å². The van der Waals surface area contributed by atoms with Crippen LogP contribution in [0.2, 0.25) is 0 Å². The Labute approximate surface area is 426 Å². The molecule has 2 aromatic carbocycles. The van der Waals surface area contributed by atoms with Crippen LogP contribution in [0.1, 0.15) is 86.4 Å². The number of nitro groups is 2. The number of benzene rings is 2. The molecule has 6 aromatic heterocycles. The van der Waals surface area contributed by atoms with Gasteiger partial charge in [-0.15, -0.1) is 0 Å². The first-order chi connectivity index (χ1) is 34.6. The maximum absolute atomic E-state index is 14.3. The van der Waals surface area contributed by atoms with Crippen LogP contribution in [0.5, 0.6) is 5.75 Å². The van der Waals surface area contributed by atoms with E-state index < -0.39 is 64.2 Å². The Morgan fingerprint density at radius 3 is 1.53 bits per heavy atom. The lowest BCUT2D eigenvalue weighted by Crippen LogP contribution is -2.08. The topological polar surface area (TPSA) is 213 Å². The number of rotatable bonds is 16. The number of ether oxygens (including phenoxy) is 1. The maximum atomic E-state index is 14.3. The Kier molecular flexibility index (Phi) is 18.3. The van der Waals surface area contributed by atoms with E-state index in [2.05, 4.69) is 62.2 Å². The number of hydrogen-bond acceptors (Lipinski definition) is 12. The Morgan fingerprint density at radius 1 is 0.658 bits per heavy atom. The molecule has 0 unspecified atom stereocenters. The van der Waals surface area contributed by atoms with E-state index in [0.29, 0.717) is 71.3 Å². The predicted molar refractivity (Wildman–Crippen MR) is 256 cm³/mol. The second-order valence-electron chi connectivity index (χ2n) is 15.6. The first-order valence-electron chi connectivity index (χ1n) is 21.6. The van der Waals surface area contributed by atoms with Crippen LogP contribution in [-0.2, 0) is 25.9 Å². The van der Waals surface area contributed by atoms with Crippen molar-refractivity contribution < 1.29 is 50.4 Å². The number of aliphatic hydroxyl groups excluding tert-OH is 1. The Balaban J connectivity index is 0.000000204. The molecule has 0 saturated carbocycles. The molecular weight excluding hydrogens is 1110 g/mol. The molecule has 0 fully saturated rings. The molecule has 8 aromatic rings. The van der Waals surface area contributed by atoms with Gasteiger partial charge < -0.3 is 30.1 Å². The highest BCUT2D eigenvalue weighted by Crippen LogP contribution is 2.38. The van der Waals surface area contributed by atoms with Gasteiger partial charge in [-0.1, -0.05) is 0 Å². The Bertz CT molecular complexity index is 3220. The summed E-state index contributed by atoms with van der Waals surface area (Å²) in [5.41, 5.74) is 4.53. The summed E-state index contributed by atoms with van der Waals surface area (Å²) >= 11 is 6.12. The lowest BCUT2D eigenvalue weighted by Gasteiger charge is -2.18. The third kappa shape index (κ3) is 14.0. The van der Waals surface area contributed by atoms with Crippen LogP contribution in [0.4, 0.5) is 42.4 Å². The molecule has 18 nitrogen and oxygen atoms in total. The van der Waals surface area contributed by atoms with Crippen LogP contribution in [-0.4, -0.2) is 64.0 Å². The van der Waals surface area contributed by atoms with Gasteiger partial charge in [0.2, 0.25) is 11.6 Å². The van der Waals surface area contributed by atoms with E-state index >= 15 is 0 Å². The van der Waals surface area contributed by atoms with Crippen molar-refractivity contribution in [3.63, 3.8) is 0 Å². The van der Waals surface area contributed by atoms with Crippen LogP contribution in [0.15, 0.2) is 107 Å². The first-order valence-corrected chi connectivity index (χ1v) is 23.2. The molecule has 0 bridgehead atoms. The number of pyridine rings is 2. The monoisotopic (exact) mass is 1150 g/mol. The van der Waals surface area contributed by atoms with E-state index in [0.717, 1.165) is 17.2 Å². The number of aryl methyl sites for hydroxylation is 2. The van der Waals surface area contributed by atoms with Gasteiger partial charge in [0.15, 0.2) is 12.4 Å². The molecule has 0 amide bonds. The molecule has 0 aliphatic carbocycles. The summed E-state index contributed by atoms with van der Waals surface area (Å²) in [6, 6.07) is 10.0. The average molecular weight is 1150 g/mol. The van der Waals surface area contributed by atoms with Gasteiger partial charge in [-0.3, -0.25) is 9.36 Å². The van der Waals surface area contributed by atoms with Crippen molar-refractivity contribution in [3.05, 3.63) is 178 Å². The van der Waals surface area contributed by atoms with Crippen LogP contribution >= 0.6 is 31.9 Å². The second kappa shape index (κ2) is 24.4. The fourth-order valence-corrected chi connectivity index (χ4v) is 7.78. The number of aromatic nitrogens is 10. The lowest BCUT2D eigenvalue weighted by molar-refractivity contribution is -0.392. The van der Waals surface area contributed by atoms with Crippen molar-refractivity contribution in [1.29, 1.82) is 0 Å². The van der Waals surface area contributed by atoms with Crippen molar-refractivity contribution in [2.75, 3.05) is 0 Å². The fourth-order valence-electron chi connectivity index (χ4n) is 7.17. The smallest absolute Gasteiger partial charge is 0.406 e. The third-order valence-corrected chi connectivity index (χ3v) is 11.4. The molecule has 0 aliphatic heterocycles. The van der Waals surface area contributed by atoms with E-state index in [-0.39, 0.29) is 23.4 Å². The van der Waals surface area contributed by atoms with E-state index in [9.17, 15) is 56.1 Å². The second-order valence-corrected chi connectivity index (χ2v) is 17.5.